The Morgan fingerprint density at radius 2 is 2.15 bits per heavy atom. The molecule has 0 amide bonds. The summed E-state index contributed by atoms with van der Waals surface area (Å²) in [4.78, 5) is 14.9. The highest BCUT2D eigenvalue weighted by Gasteiger charge is 2.24. The second kappa shape index (κ2) is 3.56. The molecular weight excluding hydrogens is 166 g/mol. The van der Waals surface area contributed by atoms with Gasteiger partial charge in [0.2, 0.25) is 0 Å². The molecule has 0 aliphatic rings. The molecule has 0 N–H and O–H groups in total. The third kappa shape index (κ3) is 2.54. The van der Waals surface area contributed by atoms with Gasteiger partial charge in [-0.15, -0.1) is 0 Å². The molecule has 13 heavy (non-hydrogen) atoms. The van der Waals surface area contributed by atoms with Crippen LogP contribution in [0.4, 0.5) is 0 Å². The van der Waals surface area contributed by atoms with Crippen LogP contribution in [0, 0.1) is 0 Å². The van der Waals surface area contributed by atoms with Crippen molar-refractivity contribution in [2.45, 2.75) is 26.4 Å². The van der Waals surface area contributed by atoms with E-state index in [0.717, 1.165) is 5.69 Å². The predicted molar refractivity (Wildman–Crippen MR) is 49.0 cm³/mol. The maximum atomic E-state index is 10.8. The molecule has 0 aromatic carbocycles. The van der Waals surface area contributed by atoms with Crippen molar-refractivity contribution in [2.75, 3.05) is 0 Å². The van der Waals surface area contributed by atoms with Crippen LogP contribution in [-0.4, -0.2) is 11.0 Å². The van der Waals surface area contributed by atoms with Crippen LogP contribution in [0.15, 0.2) is 24.4 Å². The van der Waals surface area contributed by atoms with E-state index in [1.807, 2.05) is 32.0 Å². The molecule has 1 rings (SSSR count). The average molecular weight is 179 g/mol. The molecule has 1 aromatic rings. The molecule has 0 spiro atoms. The Morgan fingerprint density at radius 3 is 2.62 bits per heavy atom. The van der Waals surface area contributed by atoms with Crippen LogP contribution in [0.2, 0.25) is 0 Å². The van der Waals surface area contributed by atoms with Crippen molar-refractivity contribution >= 4 is 5.97 Å². The summed E-state index contributed by atoms with van der Waals surface area (Å²) in [5.41, 5.74) is 0.109. The monoisotopic (exact) mass is 179 g/mol. The van der Waals surface area contributed by atoms with Crippen LogP contribution >= 0.6 is 0 Å². The van der Waals surface area contributed by atoms with E-state index in [9.17, 15) is 4.79 Å². The summed E-state index contributed by atoms with van der Waals surface area (Å²) < 4.78 is 5.12. The molecule has 3 nitrogen and oxygen atoms in total. The number of carbonyl (C=O) groups is 1. The minimum absolute atomic E-state index is 0.296. The van der Waals surface area contributed by atoms with Crippen LogP contribution in [-0.2, 0) is 15.1 Å². The third-order valence-electron chi connectivity index (χ3n) is 1.68. The van der Waals surface area contributed by atoms with Crippen molar-refractivity contribution < 1.29 is 9.53 Å². The molecule has 0 saturated heterocycles. The summed E-state index contributed by atoms with van der Waals surface area (Å²) in [6.07, 6.45) is 1.68. The molecule has 0 aliphatic heterocycles. The number of ether oxygens (including phenoxy) is 1. The number of hydrogen-bond acceptors (Lipinski definition) is 3. The van der Waals surface area contributed by atoms with E-state index in [4.69, 9.17) is 4.74 Å². The normalized spacial score (nSPS) is 11.0. The van der Waals surface area contributed by atoms with Crippen molar-refractivity contribution in [2.24, 2.45) is 0 Å². The largest absolute Gasteiger partial charge is 0.453 e. The van der Waals surface area contributed by atoms with Gasteiger partial charge in [-0.2, -0.15) is 0 Å². The van der Waals surface area contributed by atoms with Crippen molar-refractivity contribution in [1.82, 2.24) is 4.98 Å². The first-order valence-corrected chi connectivity index (χ1v) is 4.13. The van der Waals surface area contributed by atoms with Crippen LogP contribution in [0.3, 0.4) is 0 Å². The van der Waals surface area contributed by atoms with E-state index in [1.165, 1.54) is 6.92 Å². The molecule has 1 heterocycles. The minimum atomic E-state index is -0.646. The molecule has 0 radical (unpaired) electrons. The second-order valence-corrected chi connectivity index (χ2v) is 3.32. The number of nitrogens with zero attached hydrogens (tertiary/aromatic N) is 1. The number of pyridine rings is 1. The van der Waals surface area contributed by atoms with E-state index in [-0.39, 0.29) is 5.97 Å². The zero-order valence-electron chi connectivity index (χ0n) is 8.07. The Balaban J connectivity index is 2.87. The Bertz CT molecular complexity index is 293. The lowest BCUT2D eigenvalue weighted by Gasteiger charge is -2.23. The second-order valence-electron chi connectivity index (χ2n) is 3.32. The standard InChI is InChI=1S/C10H13NO2/c1-8(12)13-10(2,3)9-6-4-5-7-11-9/h4-7H,1-3H3. The Morgan fingerprint density at radius 1 is 1.46 bits per heavy atom. The van der Waals surface area contributed by atoms with Crippen molar-refractivity contribution in [3.63, 3.8) is 0 Å². The van der Waals surface area contributed by atoms with E-state index in [0.29, 0.717) is 0 Å². The fourth-order valence-electron chi connectivity index (χ4n) is 1.13. The van der Waals surface area contributed by atoms with Gasteiger partial charge in [0.05, 0.1) is 5.69 Å². The molecule has 0 atom stereocenters. The first-order chi connectivity index (χ1) is 6.02. The van der Waals surface area contributed by atoms with E-state index in [2.05, 4.69) is 4.98 Å². The summed E-state index contributed by atoms with van der Waals surface area (Å²) >= 11 is 0. The van der Waals surface area contributed by atoms with Crippen molar-refractivity contribution in [3.8, 4) is 0 Å². The highest BCUT2D eigenvalue weighted by atomic mass is 16.6. The first-order valence-electron chi connectivity index (χ1n) is 4.13. The lowest BCUT2D eigenvalue weighted by atomic mass is 10.0. The highest BCUT2D eigenvalue weighted by molar-refractivity contribution is 5.66. The van der Waals surface area contributed by atoms with E-state index in [1.54, 1.807) is 6.20 Å². The van der Waals surface area contributed by atoms with Crippen LogP contribution in [0.1, 0.15) is 26.5 Å². The summed E-state index contributed by atoms with van der Waals surface area (Å²) in [6, 6.07) is 5.53. The lowest BCUT2D eigenvalue weighted by molar-refractivity contribution is -0.154. The van der Waals surface area contributed by atoms with E-state index < -0.39 is 5.60 Å². The summed E-state index contributed by atoms with van der Waals surface area (Å²) in [6.45, 7) is 5.03. The molecule has 0 unspecified atom stereocenters. The van der Waals surface area contributed by atoms with Crippen LogP contribution < -0.4 is 0 Å². The fraction of sp³-hybridized carbons (Fsp3) is 0.400. The van der Waals surface area contributed by atoms with Gasteiger partial charge in [0.25, 0.3) is 0 Å². The van der Waals surface area contributed by atoms with Gasteiger partial charge in [-0.25, -0.2) is 0 Å². The van der Waals surface area contributed by atoms with Crippen LogP contribution in [0.5, 0.6) is 0 Å². The lowest BCUT2D eigenvalue weighted by Crippen LogP contribution is -2.25. The average Bonchev–Trinajstić information content (AvgIpc) is 2.04. The fourth-order valence-corrected chi connectivity index (χ4v) is 1.13. The number of carbonyl (C=O) groups excluding carboxylic acids is 1. The van der Waals surface area contributed by atoms with Gasteiger partial charge in [0.15, 0.2) is 0 Å². The van der Waals surface area contributed by atoms with Gasteiger partial charge < -0.3 is 4.74 Å². The topological polar surface area (TPSA) is 39.2 Å². The minimum Gasteiger partial charge on any atom is -0.453 e. The number of esters is 1. The molecule has 0 bridgehead atoms. The number of aromatic nitrogens is 1. The zero-order chi connectivity index (χ0) is 9.90. The summed E-state index contributed by atoms with van der Waals surface area (Å²) in [7, 11) is 0. The highest BCUT2D eigenvalue weighted by Crippen LogP contribution is 2.21. The number of rotatable bonds is 2. The molecule has 1 aromatic heterocycles. The molecule has 70 valence electrons. The molecule has 0 fully saturated rings. The molecule has 3 heteroatoms. The Kier molecular flexibility index (Phi) is 2.66. The van der Waals surface area contributed by atoms with Crippen molar-refractivity contribution in [1.29, 1.82) is 0 Å². The van der Waals surface area contributed by atoms with Gasteiger partial charge >= 0.3 is 5.97 Å². The SMILES string of the molecule is CC(=O)OC(C)(C)c1ccccn1. The maximum absolute atomic E-state index is 10.8. The maximum Gasteiger partial charge on any atom is 0.303 e. The van der Waals surface area contributed by atoms with Gasteiger partial charge in [0, 0.05) is 13.1 Å². The molecule has 0 saturated carbocycles. The third-order valence-corrected chi connectivity index (χ3v) is 1.68. The van der Waals surface area contributed by atoms with E-state index >= 15 is 0 Å². The number of hydrogen-bond donors (Lipinski definition) is 0. The predicted octanol–water partition coefficient (Wildman–Crippen LogP) is 1.88. The Labute approximate surface area is 77.8 Å². The Hall–Kier alpha value is -1.38. The zero-order valence-corrected chi connectivity index (χ0v) is 8.07. The first kappa shape index (κ1) is 9.71. The quantitative estimate of drug-likeness (QED) is 0.651. The van der Waals surface area contributed by atoms with Crippen LogP contribution in [0.25, 0.3) is 0 Å². The smallest absolute Gasteiger partial charge is 0.303 e. The van der Waals surface area contributed by atoms with Gasteiger partial charge in [-0.3, -0.25) is 9.78 Å². The summed E-state index contributed by atoms with van der Waals surface area (Å²) in [5.74, 6) is -0.296. The molecular formula is C10H13NO2. The van der Waals surface area contributed by atoms with Gasteiger partial charge in [-0.1, -0.05) is 6.07 Å². The van der Waals surface area contributed by atoms with Gasteiger partial charge in [-0.05, 0) is 26.0 Å². The van der Waals surface area contributed by atoms with Crippen molar-refractivity contribution in [3.05, 3.63) is 30.1 Å². The van der Waals surface area contributed by atoms with Gasteiger partial charge in [0.1, 0.15) is 5.60 Å². The molecule has 0 aliphatic carbocycles. The summed E-state index contributed by atoms with van der Waals surface area (Å²) in [5, 5.41) is 0.